The Morgan fingerprint density at radius 1 is 1.13 bits per heavy atom. The molecule has 5 rings (SSSR count). The van der Waals surface area contributed by atoms with Crippen molar-refractivity contribution in [2.24, 2.45) is 23.2 Å². The molecule has 0 radical (unpaired) electrons. The topological polar surface area (TPSA) is 43.9 Å². The summed E-state index contributed by atoms with van der Waals surface area (Å²) in [6, 6.07) is 0. The van der Waals surface area contributed by atoms with Gasteiger partial charge in [0.1, 0.15) is 0 Å². The summed E-state index contributed by atoms with van der Waals surface area (Å²) in [6.45, 7) is 13.1. The summed E-state index contributed by atoms with van der Waals surface area (Å²) in [5, 5.41) is 0. The quantitative estimate of drug-likeness (QED) is 0.390. The number of nitrogens with zero attached hydrogens (tertiary/aromatic N) is 3. The normalized spacial score (nSPS) is 27.5. The van der Waals surface area contributed by atoms with Crippen LogP contribution in [0.5, 0.6) is 0 Å². The first-order valence-electron chi connectivity index (χ1n) is 12.9. The van der Waals surface area contributed by atoms with Crippen LogP contribution in [0.3, 0.4) is 0 Å². The zero-order valence-electron chi connectivity index (χ0n) is 20.1. The Kier molecular flexibility index (Phi) is 7.10. The van der Waals surface area contributed by atoms with Crippen LogP contribution in [0.25, 0.3) is 0 Å². The van der Waals surface area contributed by atoms with Gasteiger partial charge in [-0.1, -0.05) is 45.3 Å². The van der Waals surface area contributed by atoms with Crippen LogP contribution in [0.15, 0.2) is 11.6 Å². The average molecular weight is 430 g/mol. The Hall–Kier alpha value is -1.36. The summed E-state index contributed by atoms with van der Waals surface area (Å²) in [5.74, 6) is 2.50. The van der Waals surface area contributed by atoms with Crippen LogP contribution >= 0.6 is 0 Å². The van der Waals surface area contributed by atoms with Crippen LogP contribution in [0, 0.1) is 23.2 Å². The Morgan fingerprint density at radius 3 is 2.48 bits per heavy atom. The number of piperazine rings is 1. The maximum Gasteiger partial charge on any atom is 0.226 e. The highest BCUT2D eigenvalue weighted by molar-refractivity contribution is 5.81. The minimum Gasteiger partial charge on any atom is -0.340 e. The monoisotopic (exact) mass is 429 g/mol. The molecule has 0 aromatic carbocycles. The second kappa shape index (κ2) is 9.64. The molecule has 174 valence electrons. The fourth-order valence-electron chi connectivity index (χ4n) is 5.90. The van der Waals surface area contributed by atoms with Gasteiger partial charge in [-0.15, -0.1) is 0 Å². The van der Waals surface area contributed by atoms with Gasteiger partial charge in [-0.3, -0.25) is 14.5 Å². The van der Waals surface area contributed by atoms with Crippen molar-refractivity contribution < 1.29 is 9.59 Å². The third-order valence-electron chi connectivity index (χ3n) is 8.60. The fraction of sp³-hybridized carbons (Fsp3) is 0.846. The molecule has 5 nitrogen and oxygen atoms in total. The molecule has 31 heavy (non-hydrogen) atoms. The van der Waals surface area contributed by atoms with Gasteiger partial charge in [0, 0.05) is 58.2 Å². The summed E-state index contributed by atoms with van der Waals surface area (Å²) in [6.07, 6.45) is 11.1. The standard InChI is InChI=1S/C26H43N3O2/c1-4-5-6-7-24(30)28-15-12-27(13-16-28)14-17-29(25(31)20-8-9-20)19-21-10-11-22-18-23(21)26(22,2)3/h10,20,22-23H,4-9,11-19H2,1-3H3. The molecule has 4 aliphatic carbocycles. The summed E-state index contributed by atoms with van der Waals surface area (Å²) in [7, 11) is 0. The van der Waals surface area contributed by atoms with E-state index in [1.165, 1.54) is 18.4 Å². The number of hydrogen-bond acceptors (Lipinski definition) is 3. The molecule has 0 aromatic rings. The summed E-state index contributed by atoms with van der Waals surface area (Å²) >= 11 is 0. The maximum absolute atomic E-state index is 13.0. The number of amides is 2. The molecule has 0 spiro atoms. The van der Waals surface area contributed by atoms with Crippen LogP contribution in [-0.4, -0.2) is 72.3 Å². The lowest BCUT2D eigenvalue weighted by Crippen LogP contribution is -2.52. The molecule has 1 saturated heterocycles. The van der Waals surface area contributed by atoms with Gasteiger partial charge in [0.05, 0.1) is 0 Å². The van der Waals surface area contributed by atoms with Gasteiger partial charge >= 0.3 is 0 Å². The first-order chi connectivity index (χ1) is 14.9. The molecule has 2 saturated carbocycles. The molecule has 1 aliphatic heterocycles. The van der Waals surface area contributed by atoms with Gasteiger partial charge in [0.15, 0.2) is 0 Å². The summed E-state index contributed by atoms with van der Waals surface area (Å²) in [5.41, 5.74) is 1.93. The number of rotatable bonds is 10. The van der Waals surface area contributed by atoms with E-state index in [0.29, 0.717) is 29.6 Å². The molecule has 3 fully saturated rings. The van der Waals surface area contributed by atoms with E-state index in [0.717, 1.165) is 83.8 Å². The molecule has 5 heteroatoms. The van der Waals surface area contributed by atoms with Gasteiger partial charge < -0.3 is 9.80 Å². The average Bonchev–Trinajstić information content (AvgIpc) is 3.62. The third kappa shape index (κ3) is 5.18. The molecule has 2 unspecified atom stereocenters. The minimum absolute atomic E-state index is 0.281. The lowest BCUT2D eigenvalue weighted by atomic mass is 9.49. The Balaban J connectivity index is 1.26. The van der Waals surface area contributed by atoms with E-state index in [2.05, 4.69) is 36.6 Å². The zero-order valence-corrected chi connectivity index (χ0v) is 20.1. The summed E-state index contributed by atoms with van der Waals surface area (Å²) in [4.78, 5) is 32.1. The number of fused-ring (bicyclic) bond motifs is 1. The smallest absolute Gasteiger partial charge is 0.226 e. The molecular formula is C26H43N3O2. The number of carbonyl (C=O) groups is 2. The number of hydrogen-bond donors (Lipinski definition) is 0. The Morgan fingerprint density at radius 2 is 1.87 bits per heavy atom. The Bertz CT molecular complexity index is 689. The van der Waals surface area contributed by atoms with Gasteiger partial charge in [-0.2, -0.15) is 0 Å². The van der Waals surface area contributed by atoms with E-state index in [9.17, 15) is 9.59 Å². The van der Waals surface area contributed by atoms with Gasteiger partial charge in [0.2, 0.25) is 11.8 Å². The van der Waals surface area contributed by atoms with E-state index >= 15 is 0 Å². The lowest BCUT2D eigenvalue weighted by molar-refractivity contribution is -0.133. The van der Waals surface area contributed by atoms with Crippen LogP contribution < -0.4 is 0 Å². The first-order valence-corrected chi connectivity index (χ1v) is 12.9. The second-order valence-electron chi connectivity index (χ2n) is 11.0. The maximum atomic E-state index is 13.0. The zero-order chi connectivity index (χ0) is 22.0. The molecule has 0 aromatic heterocycles. The third-order valence-corrected chi connectivity index (χ3v) is 8.60. The fourth-order valence-corrected chi connectivity index (χ4v) is 5.90. The molecule has 2 amide bonds. The highest BCUT2D eigenvalue weighted by atomic mass is 16.2. The summed E-state index contributed by atoms with van der Waals surface area (Å²) < 4.78 is 0. The molecule has 5 aliphatic rings. The molecule has 2 bridgehead atoms. The molecular weight excluding hydrogens is 386 g/mol. The van der Waals surface area contributed by atoms with Crippen LogP contribution in [0.1, 0.15) is 72.1 Å². The van der Waals surface area contributed by atoms with E-state index < -0.39 is 0 Å². The van der Waals surface area contributed by atoms with Crippen LogP contribution in [0.4, 0.5) is 0 Å². The largest absolute Gasteiger partial charge is 0.340 e. The predicted molar refractivity (Wildman–Crippen MR) is 125 cm³/mol. The van der Waals surface area contributed by atoms with Crippen LogP contribution in [0.2, 0.25) is 0 Å². The molecule has 0 N–H and O–H groups in total. The number of carbonyl (C=O) groups excluding carboxylic acids is 2. The highest BCUT2D eigenvalue weighted by Crippen LogP contribution is 2.59. The first kappa shape index (κ1) is 22.8. The van der Waals surface area contributed by atoms with Crippen molar-refractivity contribution in [2.45, 2.75) is 72.1 Å². The van der Waals surface area contributed by atoms with Crippen LogP contribution in [-0.2, 0) is 9.59 Å². The van der Waals surface area contributed by atoms with Gasteiger partial charge in [-0.25, -0.2) is 0 Å². The van der Waals surface area contributed by atoms with Crippen molar-refractivity contribution in [1.29, 1.82) is 0 Å². The van der Waals surface area contributed by atoms with Gasteiger partial charge in [-0.05, 0) is 49.4 Å². The molecule has 1 heterocycles. The second-order valence-corrected chi connectivity index (χ2v) is 11.0. The highest BCUT2D eigenvalue weighted by Gasteiger charge is 2.51. The van der Waals surface area contributed by atoms with Crippen molar-refractivity contribution >= 4 is 11.8 Å². The van der Waals surface area contributed by atoms with E-state index in [-0.39, 0.29) is 5.92 Å². The lowest BCUT2D eigenvalue weighted by Gasteiger charge is -2.57. The predicted octanol–water partition coefficient (Wildman–Crippen LogP) is 3.94. The Labute approximate surface area is 189 Å². The van der Waals surface area contributed by atoms with E-state index in [4.69, 9.17) is 0 Å². The van der Waals surface area contributed by atoms with E-state index in [1.54, 1.807) is 0 Å². The van der Waals surface area contributed by atoms with Crippen molar-refractivity contribution in [2.75, 3.05) is 45.8 Å². The molecule has 2 atom stereocenters. The number of allylic oxidation sites excluding steroid dienone is 1. The van der Waals surface area contributed by atoms with Gasteiger partial charge in [0.25, 0.3) is 0 Å². The van der Waals surface area contributed by atoms with E-state index in [1.807, 2.05) is 4.90 Å². The van der Waals surface area contributed by atoms with Crippen molar-refractivity contribution in [3.8, 4) is 0 Å². The van der Waals surface area contributed by atoms with Crippen molar-refractivity contribution in [3.63, 3.8) is 0 Å². The SMILES string of the molecule is CCCCCC(=O)N1CCN(CCN(CC2=CCC3CC2C3(C)C)C(=O)C2CC2)CC1. The van der Waals surface area contributed by atoms with Crippen molar-refractivity contribution in [3.05, 3.63) is 11.6 Å². The number of unbranched alkanes of at least 4 members (excludes halogenated alkanes) is 2. The van der Waals surface area contributed by atoms with Crippen molar-refractivity contribution in [1.82, 2.24) is 14.7 Å². The minimum atomic E-state index is 0.281.